The summed E-state index contributed by atoms with van der Waals surface area (Å²) in [4.78, 5) is 7.08. The molecule has 6 aromatic heterocycles. The van der Waals surface area contributed by atoms with Crippen molar-refractivity contribution in [2.75, 3.05) is 13.2 Å². The predicted molar refractivity (Wildman–Crippen MR) is 155 cm³/mol. The molecule has 0 aliphatic heterocycles. The van der Waals surface area contributed by atoms with E-state index in [1.54, 1.807) is 12.1 Å². The van der Waals surface area contributed by atoms with Crippen LogP contribution in [-0.2, 0) is 5.92 Å². The number of nitrogens with zero attached hydrogens (tertiary/aromatic N) is 8. The zero-order valence-corrected chi connectivity index (χ0v) is 25.8. The zero-order valence-electron chi connectivity index (χ0n) is 25.8. The van der Waals surface area contributed by atoms with Crippen molar-refractivity contribution in [1.29, 1.82) is 0 Å². The van der Waals surface area contributed by atoms with Gasteiger partial charge >= 0.3 is 18.3 Å². The highest BCUT2D eigenvalue weighted by atomic mass is 19.4. The molecule has 10 nitrogen and oxygen atoms in total. The summed E-state index contributed by atoms with van der Waals surface area (Å²) in [5.74, 6) is -7.48. The maximum Gasteiger partial charge on any atom is 0.422 e. The van der Waals surface area contributed by atoms with Crippen LogP contribution >= 0.6 is 0 Å². The van der Waals surface area contributed by atoms with Gasteiger partial charge in [-0.1, -0.05) is 0 Å². The number of alkyl halides is 9. The van der Waals surface area contributed by atoms with Crippen molar-refractivity contribution in [2.45, 2.75) is 38.3 Å². The van der Waals surface area contributed by atoms with E-state index < -0.39 is 66.9 Å². The maximum absolute atomic E-state index is 13.9. The lowest BCUT2D eigenvalue weighted by molar-refractivity contribution is -0.155. The summed E-state index contributed by atoms with van der Waals surface area (Å²) in [6, 6.07) is 7.89. The minimum Gasteiger partial charge on any atom is -0.466 e. The second-order valence-electron chi connectivity index (χ2n) is 10.7. The molecule has 0 bridgehead atoms. The van der Waals surface area contributed by atoms with Crippen LogP contribution in [0.3, 0.4) is 0 Å². The number of hydrogen-bond donors (Lipinski definition) is 0. The van der Waals surface area contributed by atoms with Gasteiger partial charge < -0.3 is 9.47 Å². The van der Waals surface area contributed by atoms with Gasteiger partial charge in [-0.2, -0.15) is 35.1 Å². The lowest BCUT2D eigenvalue weighted by Gasteiger charge is -2.11. The molecule has 0 saturated carbocycles. The molecule has 6 aromatic rings. The monoisotopic (exact) mass is 734 g/mol. The van der Waals surface area contributed by atoms with Crippen molar-refractivity contribution >= 4 is 11.3 Å². The van der Waals surface area contributed by atoms with Crippen molar-refractivity contribution in [3.8, 4) is 34.0 Å². The number of pyridine rings is 4. The second-order valence-corrected chi connectivity index (χ2v) is 10.7. The van der Waals surface area contributed by atoms with E-state index in [4.69, 9.17) is 0 Å². The van der Waals surface area contributed by atoms with E-state index in [2.05, 4.69) is 39.8 Å². The van der Waals surface area contributed by atoms with Crippen molar-refractivity contribution in [1.82, 2.24) is 39.2 Å². The first kappa shape index (κ1) is 36.6. The molecule has 0 aliphatic carbocycles. The summed E-state index contributed by atoms with van der Waals surface area (Å²) < 4.78 is 152. The molecular formula is C30H21F11N8O2. The van der Waals surface area contributed by atoms with Gasteiger partial charge in [0, 0.05) is 54.0 Å². The average Bonchev–Trinajstić information content (AvgIpc) is 3.67. The average molecular weight is 735 g/mol. The van der Waals surface area contributed by atoms with E-state index in [0.29, 0.717) is 18.1 Å². The first-order valence-electron chi connectivity index (χ1n) is 14.2. The van der Waals surface area contributed by atoms with Crippen molar-refractivity contribution < 1.29 is 57.8 Å². The Bertz CT molecular complexity index is 2160. The Labute approximate surface area is 278 Å². The Kier molecular flexibility index (Phi) is 10.0. The van der Waals surface area contributed by atoms with Gasteiger partial charge in [-0.25, -0.2) is 23.1 Å². The SMILES string of the molecule is CC(F)(F)c1nnc2ccc(-c3cnc(OCC(F)(F)F)c(F)c3)cn12.CC(F)c1nnc2ccc(-c3cnc(OCC(F)(F)F)c(F)c3)cn12. The molecule has 0 radical (unpaired) electrons. The molecule has 0 spiro atoms. The summed E-state index contributed by atoms with van der Waals surface area (Å²) in [7, 11) is 0. The second kappa shape index (κ2) is 13.9. The third-order valence-corrected chi connectivity index (χ3v) is 6.61. The predicted octanol–water partition coefficient (Wildman–Crippen LogP) is 7.89. The highest BCUT2D eigenvalue weighted by molar-refractivity contribution is 5.65. The van der Waals surface area contributed by atoms with Crippen molar-refractivity contribution in [3.05, 3.63) is 84.5 Å². The molecule has 0 aliphatic rings. The lowest BCUT2D eigenvalue weighted by atomic mass is 10.1. The van der Waals surface area contributed by atoms with Crippen LogP contribution in [0, 0.1) is 11.6 Å². The molecule has 1 unspecified atom stereocenters. The molecule has 51 heavy (non-hydrogen) atoms. The fourth-order valence-electron chi connectivity index (χ4n) is 4.39. The quantitative estimate of drug-likeness (QED) is 0.146. The molecule has 6 heterocycles. The van der Waals surface area contributed by atoms with Gasteiger partial charge in [0.15, 0.2) is 48.1 Å². The maximum atomic E-state index is 13.9. The number of ether oxygens (including phenoxy) is 2. The van der Waals surface area contributed by atoms with Crippen LogP contribution in [0.5, 0.6) is 11.8 Å². The van der Waals surface area contributed by atoms with Gasteiger partial charge in [0.2, 0.25) is 5.82 Å². The molecular weight excluding hydrogens is 713 g/mol. The van der Waals surface area contributed by atoms with Gasteiger partial charge in [0.1, 0.15) is 0 Å². The van der Waals surface area contributed by atoms with Crippen LogP contribution in [0.4, 0.5) is 48.3 Å². The van der Waals surface area contributed by atoms with E-state index in [1.165, 1.54) is 42.0 Å². The van der Waals surface area contributed by atoms with Crippen LogP contribution in [-0.4, -0.2) is 64.7 Å². The van der Waals surface area contributed by atoms with E-state index in [0.717, 1.165) is 22.7 Å². The standard InChI is InChI=1S/C15H10F6N4O.C15H11F5N4O/c1-14(17,18)13-24-23-11-3-2-8(6-25(11)13)9-4-10(16)12(22-5-9)26-7-15(19,20)21;1-8(16)13-23-22-12-3-2-9(6-24(12)13)10-4-11(17)14(21-5-10)25-7-15(18,19)20/h2-6H,7H2,1H3;2-6,8H,7H2,1H3. The van der Waals surface area contributed by atoms with E-state index >= 15 is 0 Å². The first-order valence-corrected chi connectivity index (χ1v) is 14.2. The van der Waals surface area contributed by atoms with Crippen LogP contribution < -0.4 is 9.47 Å². The summed E-state index contributed by atoms with van der Waals surface area (Å²) in [6.07, 6.45) is -5.59. The number of fused-ring (bicyclic) bond motifs is 2. The Balaban J connectivity index is 0.000000198. The summed E-state index contributed by atoms with van der Waals surface area (Å²) in [6.45, 7) is -1.36. The third-order valence-electron chi connectivity index (χ3n) is 6.61. The Hall–Kier alpha value is -5.63. The molecule has 0 amide bonds. The zero-order chi connectivity index (χ0) is 37.3. The summed E-state index contributed by atoms with van der Waals surface area (Å²) >= 11 is 0. The Morgan fingerprint density at radius 2 is 1.10 bits per heavy atom. The molecule has 0 saturated heterocycles. The first-order chi connectivity index (χ1) is 23.8. The smallest absolute Gasteiger partial charge is 0.422 e. The van der Waals surface area contributed by atoms with Gasteiger partial charge in [-0.15, -0.1) is 20.4 Å². The van der Waals surface area contributed by atoms with Crippen LogP contribution in [0.2, 0.25) is 0 Å². The number of rotatable bonds is 8. The van der Waals surface area contributed by atoms with Crippen LogP contribution in [0.15, 0.2) is 61.2 Å². The summed E-state index contributed by atoms with van der Waals surface area (Å²) in [5, 5.41) is 14.6. The van der Waals surface area contributed by atoms with E-state index in [9.17, 15) is 48.3 Å². The van der Waals surface area contributed by atoms with Gasteiger partial charge in [0.25, 0.3) is 11.8 Å². The van der Waals surface area contributed by atoms with Crippen molar-refractivity contribution in [3.63, 3.8) is 0 Å². The minimum absolute atomic E-state index is 0.0791. The highest BCUT2D eigenvalue weighted by Crippen LogP contribution is 2.30. The van der Waals surface area contributed by atoms with Gasteiger partial charge in [-0.3, -0.25) is 8.80 Å². The Morgan fingerprint density at radius 3 is 1.53 bits per heavy atom. The molecule has 21 heteroatoms. The molecule has 6 rings (SSSR count). The normalized spacial score (nSPS) is 12.9. The van der Waals surface area contributed by atoms with Crippen LogP contribution in [0.1, 0.15) is 31.7 Å². The molecule has 0 N–H and O–H groups in total. The summed E-state index contributed by atoms with van der Waals surface area (Å²) in [5.41, 5.74) is 1.75. The van der Waals surface area contributed by atoms with E-state index in [1.807, 2.05) is 0 Å². The molecule has 1 atom stereocenters. The van der Waals surface area contributed by atoms with Crippen molar-refractivity contribution in [2.24, 2.45) is 0 Å². The lowest BCUT2D eigenvalue weighted by Crippen LogP contribution is -2.20. The minimum atomic E-state index is -4.63. The fraction of sp³-hybridized carbons (Fsp3) is 0.267. The molecule has 0 fully saturated rings. The topological polar surface area (TPSA) is 105 Å². The fourth-order valence-corrected chi connectivity index (χ4v) is 4.39. The Morgan fingerprint density at radius 1 is 0.647 bits per heavy atom. The van der Waals surface area contributed by atoms with Gasteiger partial charge in [0.05, 0.1) is 0 Å². The number of aromatic nitrogens is 8. The number of halogens is 11. The van der Waals surface area contributed by atoms with Gasteiger partial charge in [-0.05, 0) is 43.3 Å². The largest absolute Gasteiger partial charge is 0.466 e. The molecule has 0 aromatic carbocycles. The third kappa shape index (κ3) is 8.94. The van der Waals surface area contributed by atoms with E-state index in [-0.39, 0.29) is 28.2 Å². The number of hydrogen-bond acceptors (Lipinski definition) is 8. The van der Waals surface area contributed by atoms with Crippen LogP contribution in [0.25, 0.3) is 33.5 Å². The molecule has 270 valence electrons. The highest BCUT2D eigenvalue weighted by Gasteiger charge is 2.32.